The molecule has 1 atom stereocenters. The number of aryl methyl sites for hydroxylation is 2. The van der Waals surface area contributed by atoms with Crippen LogP contribution in [0.4, 0.5) is 0 Å². The van der Waals surface area contributed by atoms with Gasteiger partial charge in [0.2, 0.25) is 0 Å². The standard InChI is InChI=1S/C15H22O/c1-11-5-6-12(7-8-13-10-16-13)9-14(11)15(2,3)4/h5-6,9,13H,7-8,10H2,1-4H3. The minimum atomic E-state index is 0.246. The van der Waals surface area contributed by atoms with Crippen LogP contribution in [-0.4, -0.2) is 12.7 Å². The van der Waals surface area contributed by atoms with Crippen LogP contribution in [0, 0.1) is 6.92 Å². The summed E-state index contributed by atoms with van der Waals surface area (Å²) in [6, 6.07) is 6.88. The van der Waals surface area contributed by atoms with Gasteiger partial charge < -0.3 is 4.74 Å². The lowest BCUT2D eigenvalue weighted by atomic mass is 9.83. The van der Waals surface area contributed by atoms with Crippen molar-refractivity contribution in [2.45, 2.75) is 52.1 Å². The molecule has 0 spiro atoms. The molecule has 16 heavy (non-hydrogen) atoms. The third-order valence-electron chi connectivity index (χ3n) is 3.27. The Labute approximate surface area is 98.8 Å². The van der Waals surface area contributed by atoms with E-state index in [9.17, 15) is 0 Å². The zero-order valence-corrected chi connectivity index (χ0v) is 10.8. The van der Waals surface area contributed by atoms with Crippen molar-refractivity contribution in [1.82, 2.24) is 0 Å². The van der Waals surface area contributed by atoms with E-state index < -0.39 is 0 Å². The van der Waals surface area contributed by atoms with Gasteiger partial charge in [-0.05, 0) is 41.9 Å². The first-order valence-electron chi connectivity index (χ1n) is 6.18. The molecule has 0 amide bonds. The van der Waals surface area contributed by atoms with Crippen molar-refractivity contribution in [3.05, 3.63) is 34.9 Å². The number of hydrogen-bond acceptors (Lipinski definition) is 1. The van der Waals surface area contributed by atoms with Crippen molar-refractivity contribution in [3.8, 4) is 0 Å². The average molecular weight is 218 g/mol. The number of epoxide rings is 1. The highest BCUT2D eigenvalue weighted by atomic mass is 16.6. The second-order valence-electron chi connectivity index (χ2n) is 5.89. The summed E-state index contributed by atoms with van der Waals surface area (Å²) in [5.74, 6) is 0. The lowest BCUT2D eigenvalue weighted by Gasteiger charge is -2.22. The van der Waals surface area contributed by atoms with Gasteiger partial charge in [0.25, 0.3) is 0 Å². The van der Waals surface area contributed by atoms with Crippen LogP contribution in [0.5, 0.6) is 0 Å². The SMILES string of the molecule is Cc1ccc(CCC2CO2)cc1C(C)(C)C. The smallest absolute Gasteiger partial charge is 0.0813 e. The topological polar surface area (TPSA) is 12.5 Å². The second kappa shape index (κ2) is 4.21. The van der Waals surface area contributed by atoms with Crippen molar-refractivity contribution in [3.63, 3.8) is 0 Å². The van der Waals surface area contributed by atoms with Gasteiger partial charge in [-0.2, -0.15) is 0 Å². The molecule has 1 aliphatic rings. The molecule has 1 heterocycles. The number of benzene rings is 1. The molecule has 0 bridgehead atoms. The first-order chi connectivity index (χ1) is 7.47. The van der Waals surface area contributed by atoms with E-state index in [4.69, 9.17) is 4.74 Å². The molecule has 1 fully saturated rings. The van der Waals surface area contributed by atoms with E-state index in [0.29, 0.717) is 6.10 Å². The van der Waals surface area contributed by atoms with E-state index in [0.717, 1.165) is 13.0 Å². The molecular formula is C15H22O. The molecule has 1 unspecified atom stereocenters. The predicted molar refractivity (Wildman–Crippen MR) is 67.9 cm³/mol. The van der Waals surface area contributed by atoms with Crippen LogP contribution in [0.2, 0.25) is 0 Å². The molecule has 0 radical (unpaired) electrons. The fourth-order valence-corrected chi connectivity index (χ4v) is 2.20. The number of ether oxygens (including phenoxy) is 1. The van der Waals surface area contributed by atoms with Gasteiger partial charge in [0.05, 0.1) is 12.7 Å². The van der Waals surface area contributed by atoms with Crippen LogP contribution < -0.4 is 0 Å². The Bertz CT molecular complexity index is 370. The number of hydrogen-bond donors (Lipinski definition) is 0. The minimum Gasteiger partial charge on any atom is -0.373 e. The van der Waals surface area contributed by atoms with Crippen LogP contribution >= 0.6 is 0 Å². The molecule has 1 aliphatic heterocycles. The summed E-state index contributed by atoms with van der Waals surface area (Å²) >= 11 is 0. The van der Waals surface area contributed by atoms with Crippen LogP contribution in [0.1, 0.15) is 43.9 Å². The van der Waals surface area contributed by atoms with E-state index in [1.165, 1.54) is 23.1 Å². The maximum Gasteiger partial charge on any atom is 0.0813 e. The highest BCUT2D eigenvalue weighted by Gasteiger charge is 2.22. The molecule has 1 aromatic carbocycles. The van der Waals surface area contributed by atoms with E-state index in [2.05, 4.69) is 45.9 Å². The summed E-state index contributed by atoms with van der Waals surface area (Å²) in [5.41, 5.74) is 4.57. The summed E-state index contributed by atoms with van der Waals surface area (Å²) in [6.45, 7) is 10.0. The largest absolute Gasteiger partial charge is 0.373 e. The van der Waals surface area contributed by atoms with Gasteiger partial charge in [0.1, 0.15) is 0 Å². The summed E-state index contributed by atoms with van der Waals surface area (Å²) in [5, 5.41) is 0. The van der Waals surface area contributed by atoms with Crippen molar-refractivity contribution in [2.75, 3.05) is 6.61 Å². The second-order valence-corrected chi connectivity index (χ2v) is 5.89. The van der Waals surface area contributed by atoms with E-state index >= 15 is 0 Å². The fraction of sp³-hybridized carbons (Fsp3) is 0.600. The zero-order chi connectivity index (χ0) is 11.8. The van der Waals surface area contributed by atoms with E-state index in [-0.39, 0.29) is 5.41 Å². The van der Waals surface area contributed by atoms with Gasteiger partial charge in [-0.1, -0.05) is 39.0 Å². The molecule has 0 N–H and O–H groups in total. The molecular weight excluding hydrogens is 196 g/mol. The Morgan fingerprint density at radius 2 is 2.00 bits per heavy atom. The fourth-order valence-electron chi connectivity index (χ4n) is 2.20. The average Bonchev–Trinajstić information content (AvgIpc) is 2.98. The molecule has 1 saturated heterocycles. The molecule has 1 heteroatoms. The molecule has 2 rings (SSSR count). The molecule has 0 saturated carbocycles. The monoisotopic (exact) mass is 218 g/mol. The predicted octanol–water partition coefficient (Wildman–Crippen LogP) is 3.62. The first kappa shape index (κ1) is 11.7. The maximum absolute atomic E-state index is 5.25. The van der Waals surface area contributed by atoms with Gasteiger partial charge >= 0.3 is 0 Å². The van der Waals surface area contributed by atoms with Crippen LogP contribution in [0.25, 0.3) is 0 Å². The third-order valence-corrected chi connectivity index (χ3v) is 3.27. The molecule has 0 aliphatic carbocycles. The lowest BCUT2D eigenvalue weighted by Crippen LogP contribution is -2.13. The van der Waals surface area contributed by atoms with Crippen molar-refractivity contribution in [1.29, 1.82) is 0 Å². The Morgan fingerprint density at radius 1 is 1.31 bits per heavy atom. The van der Waals surface area contributed by atoms with Crippen LogP contribution in [0.3, 0.4) is 0 Å². The molecule has 88 valence electrons. The van der Waals surface area contributed by atoms with E-state index in [1.54, 1.807) is 0 Å². The first-order valence-corrected chi connectivity index (χ1v) is 6.18. The Hall–Kier alpha value is -0.820. The Balaban J connectivity index is 2.13. The van der Waals surface area contributed by atoms with Gasteiger partial charge in [0.15, 0.2) is 0 Å². The van der Waals surface area contributed by atoms with Gasteiger partial charge in [0, 0.05) is 0 Å². The maximum atomic E-state index is 5.25. The third kappa shape index (κ3) is 2.85. The lowest BCUT2D eigenvalue weighted by molar-refractivity contribution is 0.396. The highest BCUT2D eigenvalue weighted by molar-refractivity contribution is 5.35. The summed E-state index contributed by atoms with van der Waals surface area (Å²) in [6.07, 6.45) is 2.86. The molecule has 0 aromatic heterocycles. The van der Waals surface area contributed by atoms with Gasteiger partial charge in [-0.25, -0.2) is 0 Å². The Kier molecular flexibility index (Phi) is 3.07. The van der Waals surface area contributed by atoms with Gasteiger partial charge in [-0.15, -0.1) is 0 Å². The van der Waals surface area contributed by atoms with Crippen molar-refractivity contribution >= 4 is 0 Å². The van der Waals surface area contributed by atoms with Crippen LogP contribution in [0.15, 0.2) is 18.2 Å². The van der Waals surface area contributed by atoms with Crippen LogP contribution in [-0.2, 0) is 16.6 Å². The highest BCUT2D eigenvalue weighted by Crippen LogP contribution is 2.27. The summed E-state index contributed by atoms with van der Waals surface area (Å²) in [4.78, 5) is 0. The van der Waals surface area contributed by atoms with Gasteiger partial charge in [-0.3, -0.25) is 0 Å². The molecule has 1 nitrogen and oxygen atoms in total. The van der Waals surface area contributed by atoms with Crippen molar-refractivity contribution < 1.29 is 4.74 Å². The quantitative estimate of drug-likeness (QED) is 0.706. The Morgan fingerprint density at radius 3 is 2.56 bits per heavy atom. The van der Waals surface area contributed by atoms with E-state index in [1.807, 2.05) is 0 Å². The normalized spacial score (nSPS) is 19.9. The van der Waals surface area contributed by atoms with Crippen molar-refractivity contribution in [2.24, 2.45) is 0 Å². The summed E-state index contributed by atoms with van der Waals surface area (Å²) in [7, 11) is 0. The minimum absolute atomic E-state index is 0.246. The molecule has 1 aromatic rings. The zero-order valence-electron chi connectivity index (χ0n) is 10.8. The summed E-state index contributed by atoms with van der Waals surface area (Å²) < 4.78 is 5.25. The number of rotatable bonds is 3.